The number of nitrogens with one attached hydrogen (secondary N) is 1. The molecule has 0 spiro atoms. The van der Waals surface area contributed by atoms with E-state index in [-0.39, 0.29) is 6.04 Å². The van der Waals surface area contributed by atoms with Crippen LogP contribution in [0.15, 0.2) is 18.2 Å². The number of benzene rings is 1. The number of methoxy groups -OCH3 is 1. The summed E-state index contributed by atoms with van der Waals surface area (Å²) in [6.07, 6.45) is 2.14. The molecule has 102 valence electrons. The fourth-order valence-corrected chi connectivity index (χ4v) is 2.43. The zero-order valence-corrected chi connectivity index (χ0v) is 12.8. The second-order valence-corrected chi connectivity index (χ2v) is 5.30. The highest BCUT2D eigenvalue weighted by Crippen LogP contribution is 2.33. The van der Waals surface area contributed by atoms with Crippen LogP contribution in [0.5, 0.6) is 5.75 Å². The van der Waals surface area contributed by atoms with Gasteiger partial charge in [-0.25, -0.2) is 0 Å². The summed E-state index contributed by atoms with van der Waals surface area (Å²) in [6.45, 7) is 3.20. The number of anilines is 1. The third-order valence-corrected chi connectivity index (χ3v) is 3.76. The molecule has 3 nitrogen and oxygen atoms in total. The van der Waals surface area contributed by atoms with E-state index < -0.39 is 0 Å². The lowest BCUT2D eigenvalue weighted by Gasteiger charge is -2.26. The minimum absolute atomic E-state index is 0.271. The minimum Gasteiger partial charge on any atom is -0.496 e. The Labute approximate surface area is 115 Å². The molecule has 0 aliphatic heterocycles. The molecule has 0 saturated heterocycles. The number of hydrogen-bond acceptors (Lipinski definition) is 4. The van der Waals surface area contributed by atoms with Gasteiger partial charge in [0.05, 0.1) is 7.11 Å². The van der Waals surface area contributed by atoms with Crippen LogP contribution in [-0.4, -0.2) is 39.8 Å². The van der Waals surface area contributed by atoms with E-state index in [0.29, 0.717) is 0 Å². The second-order valence-electron chi connectivity index (χ2n) is 4.32. The molecule has 0 saturated carbocycles. The maximum absolute atomic E-state index is 5.49. The lowest BCUT2D eigenvalue weighted by atomic mass is 10.0. The SMILES string of the molecule is CNC(C)c1c(OC)cccc1N(C)CCSC. The molecule has 0 bridgehead atoms. The topological polar surface area (TPSA) is 24.5 Å². The summed E-state index contributed by atoms with van der Waals surface area (Å²) in [4.78, 5) is 2.29. The molecule has 1 aromatic carbocycles. The van der Waals surface area contributed by atoms with E-state index in [1.165, 1.54) is 11.3 Å². The summed E-state index contributed by atoms with van der Waals surface area (Å²) in [6, 6.07) is 6.50. The normalized spacial score (nSPS) is 12.3. The van der Waals surface area contributed by atoms with Crippen LogP contribution >= 0.6 is 11.8 Å². The van der Waals surface area contributed by atoms with E-state index in [9.17, 15) is 0 Å². The molecular formula is C14H24N2OS. The van der Waals surface area contributed by atoms with Crippen LogP contribution in [-0.2, 0) is 0 Å². The standard InChI is InChI=1S/C14H24N2OS/c1-11(15-2)14-12(16(3)9-10-18-5)7-6-8-13(14)17-4/h6-8,11,15H,9-10H2,1-5H3. The molecule has 0 heterocycles. The minimum atomic E-state index is 0.271. The molecule has 18 heavy (non-hydrogen) atoms. The highest BCUT2D eigenvalue weighted by molar-refractivity contribution is 7.98. The van der Waals surface area contributed by atoms with Crippen LogP contribution in [0.4, 0.5) is 5.69 Å². The Kier molecular flexibility index (Phi) is 6.36. The lowest BCUT2D eigenvalue weighted by molar-refractivity contribution is 0.404. The summed E-state index contributed by atoms with van der Waals surface area (Å²) in [7, 11) is 5.84. The molecule has 4 heteroatoms. The molecule has 1 atom stereocenters. The molecule has 1 rings (SSSR count). The molecule has 1 aromatic rings. The number of rotatable bonds is 7. The van der Waals surface area contributed by atoms with Crippen molar-refractivity contribution in [1.29, 1.82) is 0 Å². The summed E-state index contributed by atoms with van der Waals surface area (Å²) in [5.41, 5.74) is 2.47. The Bertz CT molecular complexity index is 371. The predicted octanol–water partition coefficient (Wildman–Crippen LogP) is 2.77. The number of thioether (sulfide) groups is 1. The van der Waals surface area contributed by atoms with Gasteiger partial charge in [0, 0.05) is 36.6 Å². The maximum Gasteiger partial charge on any atom is 0.125 e. The number of nitrogens with zero attached hydrogens (tertiary/aromatic N) is 1. The lowest BCUT2D eigenvalue weighted by Crippen LogP contribution is -2.24. The van der Waals surface area contributed by atoms with Crippen molar-refractivity contribution in [2.45, 2.75) is 13.0 Å². The first-order valence-corrected chi connectivity index (χ1v) is 7.59. The van der Waals surface area contributed by atoms with E-state index in [2.05, 4.69) is 42.6 Å². The van der Waals surface area contributed by atoms with Crippen molar-refractivity contribution in [3.8, 4) is 5.75 Å². The molecule has 1 N–H and O–H groups in total. The number of hydrogen-bond donors (Lipinski definition) is 1. The van der Waals surface area contributed by atoms with E-state index in [1.807, 2.05) is 24.9 Å². The van der Waals surface area contributed by atoms with Crippen molar-refractivity contribution in [2.24, 2.45) is 0 Å². The second kappa shape index (κ2) is 7.54. The molecule has 0 aromatic heterocycles. The molecular weight excluding hydrogens is 244 g/mol. The smallest absolute Gasteiger partial charge is 0.125 e. The van der Waals surface area contributed by atoms with Crippen LogP contribution in [0.3, 0.4) is 0 Å². The molecule has 0 aliphatic rings. The van der Waals surface area contributed by atoms with Gasteiger partial charge < -0.3 is 15.0 Å². The molecule has 0 fully saturated rings. The fraction of sp³-hybridized carbons (Fsp3) is 0.571. The van der Waals surface area contributed by atoms with Crippen LogP contribution in [0.2, 0.25) is 0 Å². The van der Waals surface area contributed by atoms with E-state index in [1.54, 1.807) is 7.11 Å². The highest BCUT2D eigenvalue weighted by atomic mass is 32.2. The van der Waals surface area contributed by atoms with Crippen LogP contribution < -0.4 is 15.0 Å². The van der Waals surface area contributed by atoms with Gasteiger partial charge in [0.1, 0.15) is 5.75 Å². The van der Waals surface area contributed by atoms with E-state index in [0.717, 1.165) is 18.0 Å². The van der Waals surface area contributed by atoms with Crippen molar-refractivity contribution in [1.82, 2.24) is 5.32 Å². The average molecular weight is 268 g/mol. The highest BCUT2D eigenvalue weighted by Gasteiger charge is 2.16. The number of ether oxygens (including phenoxy) is 1. The Morgan fingerprint density at radius 1 is 1.44 bits per heavy atom. The quantitative estimate of drug-likeness (QED) is 0.822. The van der Waals surface area contributed by atoms with Gasteiger partial charge in [0.2, 0.25) is 0 Å². The Morgan fingerprint density at radius 2 is 2.17 bits per heavy atom. The maximum atomic E-state index is 5.49. The van der Waals surface area contributed by atoms with Gasteiger partial charge in [-0.2, -0.15) is 11.8 Å². The summed E-state index contributed by atoms with van der Waals surface area (Å²) >= 11 is 1.87. The van der Waals surface area contributed by atoms with Gasteiger partial charge in [-0.3, -0.25) is 0 Å². The van der Waals surface area contributed by atoms with Gasteiger partial charge >= 0.3 is 0 Å². The Balaban J connectivity index is 3.09. The van der Waals surface area contributed by atoms with Crippen molar-refractivity contribution in [3.63, 3.8) is 0 Å². The van der Waals surface area contributed by atoms with E-state index >= 15 is 0 Å². The van der Waals surface area contributed by atoms with Crippen LogP contribution in [0.25, 0.3) is 0 Å². The third-order valence-electron chi connectivity index (χ3n) is 3.17. The molecule has 0 aliphatic carbocycles. The van der Waals surface area contributed by atoms with Gasteiger partial charge in [0.15, 0.2) is 0 Å². The van der Waals surface area contributed by atoms with E-state index in [4.69, 9.17) is 4.74 Å². The van der Waals surface area contributed by atoms with Gasteiger partial charge in [-0.1, -0.05) is 6.07 Å². The van der Waals surface area contributed by atoms with Gasteiger partial charge in [-0.15, -0.1) is 0 Å². The molecule has 0 amide bonds. The van der Waals surface area contributed by atoms with Crippen molar-refractivity contribution in [3.05, 3.63) is 23.8 Å². The Hall–Kier alpha value is -0.870. The molecule has 1 unspecified atom stereocenters. The van der Waals surface area contributed by atoms with Crippen molar-refractivity contribution in [2.75, 3.05) is 44.7 Å². The van der Waals surface area contributed by atoms with Crippen LogP contribution in [0.1, 0.15) is 18.5 Å². The predicted molar refractivity (Wildman–Crippen MR) is 82.1 cm³/mol. The van der Waals surface area contributed by atoms with Crippen LogP contribution in [0, 0.1) is 0 Å². The fourth-order valence-electron chi connectivity index (χ4n) is 1.97. The van der Waals surface area contributed by atoms with Gasteiger partial charge in [0.25, 0.3) is 0 Å². The summed E-state index contributed by atoms with van der Waals surface area (Å²) in [5, 5.41) is 3.30. The van der Waals surface area contributed by atoms with Gasteiger partial charge in [-0.05, 0) is 32.4 Å². The largest absolute Gasteiger partial charge is 0.496 e. The monoisotopic (exact) mass is 268 g/mol. The molecule has 0 radical (unpaired) electrons. The first-order valence-electron chi connectivity index (χ1n) is 6.20. The zero-order valence-electron chi connectivity index (χ0n) is 12.0. The van der Waals surface area contributed by atoms with Crippen molar-refractivity contribution < 1.29 is 4.74 Å². The zero-order chi connectivity index (χ0) is 13.5. The average Bonchev–Trinajstić information content (AvgIpc) is 2.42. The van der Waals surface area contributed by atoms with Crippen molar-refractivity contribution >= 4 is 17.4 Å². The third kappa shape index (κ3) is 3.56. The Morgan fingerprint density at radius 3 is 2.72 bits per heavy atom. The summed E-state index contributed by atoms with van der Waals surface area (Å²) in [5.74, 6) is 2.08. The first kappa shape index (κ1) is 15.2. The first-order chi connectivity index (χ1) is 8.65. The summed E-state index contributed by atoms with van der Waals surface area (Å²) < 4.78 is 5.49.